The Kier molecular flexibility index (Phi) is 4.37. The van der Waals surface area contributed by atoms with E-state index in [9.17, 15) is 4.79 Å². The lowest BCUT2D eigenvalue weighted by Crippen LogP contribution is -2.20. The molecule has 5 nitrogen and oxygen atoms in total. The Morgan fingerprint density at radius 2 is 1.86 bits per heavy atom. The third-order valence-electron chi connectivity index (χ3n) is 3.45. The van der Waals surface area contributed by atoms with Crippen molar-refractivity contribution in [2.75, 3.05) is 11.1 Å². The molecule has 1 heterocycles. The number of carbonyl (C=O) groups excluding carboxylic acids is 1. The fraction of sp³-hybridized carbons (Fsp3) is 0.333. The molecule has 1 aromatic heterocycles. The summed E-state index contributed by atoms with van der Waals surface area (Å²) in [5, 5.41) is 7.16. The van der Waals surface area contributed by atoms with Crippen molar-refractivity contribution in [1.29, 1.82) is 0 Å². The molecule has 0 aliphatic heterocycles. The van der Waals surface area contributed by atoms with Gasteiger partial charge in [0, 0.05) is 10.2 Å². The predicted molar refractivity (Wildman–Crippen MR) is 88.4 cm³/mol. The summed E-state index contributed by atoms with van der Waals surface area (Å²) in [6.07, 6.45) is 0. The Morgan fingerprint density at radius 1 is 1.29 bits per heavy atom. The molecule has 2 aromatic rings. The van der Waals surface area contributed by atoms with Gasteiger partial charge in [-0.3, -0.25) is 9.48 Å². The first-order valence-corrected chi connectivity index (χ1v) is 7.45. The first-order valence-electron chi connectivity index (χ1n) is 6.65. The van der Waals surface area contributed by atoms with Gasteiger partial charge in [0.25, 0.3) is 0 Å². The van der Waals surface area contributed by atoms with E-state index < -0.39 is 0 Å². The van der Waals surface area contributed by atoms with Gasteiger partial charge in [0.15, 0.2) is 0 Å². The van der Waals surface area contributed by atoms with E-state index in [-0.39, 0.29) is 12.5 Å². The number of nitrogens with one attached hydrogen (secondary N) is 1. The summed E-state index contributed by atoms with van der Waals surface area (Å²) in [6, 6.07) is 3.87. The summed E-state index contributed by atoms with van der Waals surface area (Å²) in [5.41, 5.74) is 11.0. The number of carbonyl (C=O) groups is 1. The van der Waals surface area contributed by atoms with E-state index in [1.54, 1.807) is 4.68 Å². The van der Waals surface area contributed by atoms with Crippen LogP contribution < -0.4 is 11.1 Å². The molecule has 0 atom stereocenters. The number of nitrogens with two attached hydrogens (primary N) is 1. The normalized spacial score (nSPS) is 10.7. The Hall–Kier alpha value is -1.82. The average molecular weight is 351 g/mol. The average Bonchev–Trinajstić information content (AvgIpc) is 2.63. The highest BCUT2D eigenvalue weighted by molar-refractivity contribution is 9.10. The summed E-state index contributed by atoms with van der Waals surface area (Å²) >= 11 is 3.51. The topological polar surface area (TPSA) is 72.9 Å². The van der Waals surface area contributed by atoms with Crippen LogP contribution in [0.5, 0.6) is 0 Å². The molecule has 0 aliphatic carbocycles. The van der Waals surface area contributed by atoms with Crippen molar-refractivity contribution in [1.82, 2.24) is 9.78 Å². The van der Waals surface area contributed by atoms with Crippen molar-refractivity contribution in [3.63, 3.8) is 0 Å². The second-order valence-electron chi connectivity index (χ2n) is 5.21. The predicted octanol–water partition coefficient (Wildman–Crippen LogP) is 3.10. The van der Waals surface area contributed by atoms with Gasteiger partial charge in [-0.25, -0.2) is 0 Å². The fourth-order valence-corrected chi connectivity index (χ4v) is 2.45. The zero-order valence-corrected chi connectivity index (χ0v) is 14.2. The summed E-state index contributed by atoms with van der Waals surface area (Å²) in [6.45, 7) is 7.83. The van der Waals surface area contributed by atoms with Crippen molar-refractivity contribution < 1.29 is 4.79 Å². The van der Waals surface area contributed by atoms with Gasteiger partial charge in [0.05, 0.1) is 17.1 Å². The minimum absolute atomic E-state index is 0.123. The molecule has 0 saturated heterocycles. The number of halogens is 1. The molecule has 1 aromatic carbocycles. The molecule has 0 bridgehead atoms. The Morgan fingerprint density at radius 3 is 2.33 bits per heavy atom. The number of aromatic nitrogens is 2. The van der Waals surface area contributed by atoms with Gasteiger partial charge in [-0.05, 0) is 51.0 Å². The summed E-state index contributed by atoms with van der Waals surface area (Å²) < 4.78 is 2.69. The van der Waals surface area contributed by atoms with Gasteiger partial charge in [0.1, 0.15) is 6.54 Å². The smallest absolute Gasteiger partial charge is 0.246 e. The van der Waals surface area contributed by atoms with Crippen LogP contribution in [0.2, 0.25) is 0 Å². The lowest BCUT2D eigenvalue weighted by atomic mass is 10.1. The lowest BCUT2D eigenvalue weighted by molar-refractivity contribution is -0.116. The molecular formula is C15H19BrN4O. The number of benzene rings is 1. The number of anilines is 2. The van der Waals surface area contributed by atoms with Crippen LogP contribution in [0.1, 0.15) is 22.5 Å². The molecule has 6 heteroatoms. The Balaban J connectivity index is 2.13. The van der Waals surface area contributed by atoms with Crippen LogP contribution in [0.4, 0.5) is 11.4 Å². The molecular weight excluding hydrogens is 332 g/mol. The van der Waals surface area contributed by atoms with Crippen LogP contribution in [0, 0.1) is 27.7 Å². The maximum absolute atomic E-state index is 12.1. The van der Waals surface area contributed by atoms with Crippen molar-refractivity contribution in [2.24, 2.45) is 0 Å². The quantitative estimate of drug-likeness (QED) is 0.893. The van der Waals surface area contributed by atoms with Crippen molar-refractivity contribution in [3.05, 3.63) is 39.1 Å². The van der Waals surface area contributed by atoms with Gasteiger partial charge in [-0.1, -0.05) is 15.9 Å². The minimum Gasteiger partial charge on any atom is -0.396 e. The second-order valence-corrected chi connectivity index (χ2v) is 6.01. The van der Waals surface area contributed by atoms with E-state index in [0.29, 0.717) is 5.69 Å². The molecule has 3 N–H and O–H groups in total. The zero-order chi connectivity index (χ0) is 15.7. The van der Waals surface area contributed by atoms with E-state index in [0.717, 1.165) is 32.7 Å². The first kappa shape index (κ1) is 15.6. The highest BCUT2D eigenvalue weighted by Crippen LogP contribution is 2.25. The fourth-order valence-electron chi connectivity index (χ4n) is 2.22. The van der Waals surface area contributed by atoms with Crippen molar-refractivity contribution >= 4 is 33.2 Å². The number of aryl methyl sites for hydroxylation is 3. The van der Waals surface area contributed by atoms with Crippen molar-refractivity contribution in [3.8, 4) is 0 Å². The van der Waals surface area contributed by atoms with E-state index >= 15 is 0 Å². The lowest BCUT2D eigenvalue weighted by Gasteiger charge is -2.10. The molecule has 21 heavy (non-hydrogen) atoms. The highest BCUT2D eigenvalue weighted by atomic mass is 79.9. The van der Waals surface area contributed by atoms with Crippen LogP contribution >= 0.6 is 15.9 Å². The van der Waals surface area contributed by atoms with E-state index in [1.807, 2.05) is 39.8 Å². The van der Waals surface area contributed by atoms with E-state index in [2.05, 4.69) is 26.3 Å². The number of nitrogen functional groups attached to an aromatic ring is 1. The van der Waals surface area contributed by atoms with Crippen LogP contribution in [0.15, 0.2) is 16.6 Å². The number of hydrogen-bond donors (Lipinski definition) is 2. The second kappa shape index (κ2) is 5.89. The summed E-state index contributed by atoms with van der Waals surface area (Å²) in [4.78, 5) is 12.1. The molecule has 112 valence electrons. The minimum atomic E-state index is -0.123. The molecule has 0 spiro atoms. The van der Waals surface area contributed by atoms with E-state index in [1.165, 1.54) is 0 Å². The SMILES string of the molecule is Cc1cc(NC(=O)Cn2nc(C)c(N)c2C)cc(C)c1Br. The summed E-state index contributed by atoms with van der Waals surface area (Å²) in [7, 11) is 0. The van der Waals surface area contributed by atoms with Gasteiger partial charge >= 0.3 is 0 Å². The number of amides is 1. The third-order valence-corrected chi connectivity index (χ3v) is 4.70. The van der Waals surface area contributed by atoms with Crippen molar-refractivity contribution in [2.45, 2.75) is 34.2 Å². The molecule has 0 radical (unpaired) electrons. The molecule has 0 aliphatic rings. The van der Waals surface area contributed by atoms with Crippen LogP contribution in [-0.2, 0) is 11.3 Å². The third kappa shape index (κ3) is 3.26. The maximum atomic E-state index is 12.1. The Bertz CT molecular complexity index is 683. The van der Waals surface area contributed by atoms with Crippen LogP contribution in [-0.4, -0.2) is 15.7 Å². The number of hydrogen-bond acceptors (Lipinski definition) is 3. The monoisotopic (exact) mass is 350 g/mol. The standard InChI is InChI=1S/C15H19BrN4O/c1-8-5-12(6-9(2)14(8)16)18-13(21)7-20-11(4)15(17)10(3)19-20/h5-6H,7,17H2,1-4H3,(H,18,21). The van der Waals surface area contributed by atoms with Gasteiger partial charge in [-0.15, -0.1) is 0 Å². The zero-order valence-electron chi connectivity index (χ0n) is 12.6. The number of rotatable bonds is 3. The molecule has 0 saturated carbocycles. The summed E-state index contributed by atoms with van der Waals surface area (Å²) in [5.74, 6) is -0.123. The highest BCUT2D eigenvalue weighted by Gasteiger charge is 2.12. The maximum Gasteiger partial charge on any atom is 0.246 e. The Labute approximate surface area is 132 Å². The van der Waals surface area contributed by atoms with Gasteiger partial charge < -0.3 is 11.1 Å². The van der Waals surface area contributed by atoms with Gasteiger partial charge in [0.2, 0.25) is 5.91 Å². The molecule has 2 rings (SSSR count). The van der Waals surface area contributed by atoms with Crippen LogP contribution in [0.3, 0.4) is 0 Å². The van der Waals surface area contributed by atoms with E-state index in [4.69, 9.17) is 5.73 Å². The molecule has 0 fully saturated rings. The largest absolute Gasteiger partial charge is 0.396 e. The van der Waals surface area contributed by atoms with Gasteiger partial charge in [-0.2, -0.15) is 5.10 Å². The molecule has 0 unspecified atom stereocenters. The van der Waals surface area contributed by atoms with Crippen LogP contribution in [0.25, 0.3) is 0 Å². The first-order chi connectivity index (χ1) is 9.79. The molecule has 1 amide bonds. The number of nitrogens with zero attached hydrogens (tertiary/aromatic N) is 2.